The van der Waals surface area contributed by atoms with Crippen molar-refractivity contribution in [2.45, 2.75) is 38.0 Å². The molecular weight excluding hydrogens is 482 g/mol. The van der Waals surface area contributed by atoms with Crippen LogP contribution < -0.4 is 9.64 Å². The Morgan fingerprint density at radius 2 is 1.94 bits per heavy atom. The van der Waals surface area contributed by atoms with Crippen LogP contribution in [0.4, 0.5) is 5.82 Å². The highest BCUT2D eigenvalue weighted by Gasteiger charge is 2.43. The average Bonchev–Trinajstić information content (AvgIpc) is 3.42. The lowest BCUT2D eigenvalue weighted by Crippen LogP contribution is -2.50. The molecule has 0 saturated carbocycles. The number of nitrogens with zero attached hydrogens (tertiary/aromatic N) is 5. The van der Waals surface area contributed by atoms with E-state index in [9.17, 15) is 4.79 Å². The standard InChI is InChI=1S/C26H28ClN5O2S/c1-4-30-24(33)22-23(32-16-19(28-25(30)32)13-17-9-7-6-8-10-17)29-26(35-5-2)31(22)15-18-11-12-21(34-3)20(27)14-18/h6-12,14,19H,4-5,13,15-16H2,1-3H3/t19-/m1/s1. The summed E-state index contributed by atoms with van der Waals surface area (Å²) < 4.78 is 7.32. The van der Waals surface area contributed by atoms with E-state index in [4.69, 9.17) is 26.3 Å². The largest absolute Gasteiger partial charge is 0.495 e. The minimum Gasteiger partial charge on any atom is -0.495 e. The van der Waals surface area contributed by atoms with E-state index >= 15 is 0 Å². The van der Waals surface area contributed by atoms with Gasteiger partial charge >= 0.3 is 0 Å². The van der Waals surface area contributed by atoms with E-state index < -0.39 is 0 Å². The van der Waals surface area contributed by atoms with E-state index in [1.54, 1.807) is 23.8 Å². The lowest BCUT2D eigenvalue weighted by molar-refractivity contribution is 0.0835. The first-order chi connectivity index (χ1) is 17.0. The van der Waals surface area contributed by atoms with Gasteiger partial charge in [0.2, 0.25) is 5.96 Å². The van der Waals surface area contributed by atoms with Crippen LogP contribution in [0.5, 0.6) is 5.75 Å². The zero-order valence-electron chi connectivity index (χ0n) is 20.1. The molecule has 2 aliphatic heterocycles. The van der Waals surface area contributed by atoms with Crippen molar-refractivity contribution >= 4 is 41.0 Å². The van der Waals surface area contributed by atoms with Crippen molar-refractivity contribution in [2.75, 3.05) is 30.9 Å². The molecule has 0 aliphatic carbocycles. The fourth-order valence-corrected chi connectivity index (χ4v) is 5.66. The number of hydrogen-bond acceptors (Lipinski definition) is 6. The second-order valence-electron chi connectivity index (χ2n) is 8.49. The zero-order valence-corrected chi connectivity index (χ0v) is 21.6. The molecule has 2 aliphatic rings. The number of guanidine groups is 1. The van der Waals surface area contributed by atoms with Crippen LogP contribution in [0, 0.1) is 0 Å². The molecule has 2 aromatic carbocycles. The van der Waals surface area contributed by atoms with Gasteiger partial charge in [0, 0.05) is 6.54 Å². The summed E-state index contributed by atoms with van der Waals surface area (Å²) in [4.78, 5) is 27.6. The lowest BCUT2D eigenvalue weighted by atomic mass is 10.1. The van der Waals surface area contributed by atoms with Crippen LogP contribution in [0.1, 0.15) is 35.5 Å². The Balaban J connectivity index is 1.53. The number of rotatable bonds is 8. The minimum atomic E-state index is -0.0621. The maximum Gasteiger partial charge on any atom is 0.281 e. The maximum atomic E-state index is 13.8. The Hall–Kier alpha value is -2.97. The second-order valence-corrected chi connectivity index (χ2v) is 10.1. The van der Waals surface area contributed by atoms with E-state index in [1.807, 2.05) is 47.9 Å². The molecule has 3 aromatic rings. The number of ether oxygens (including phenoxy) is 1. The van der Waals surface area contributed by atoms with Gasteiger partial charge in [0.05, 0.1) is 31.3 Å². The van der Waals surface area contributed by atoms with E-state index in [2.05, 4.69) is 24.0 Å². The predicted molar refractivity (Wildman–Crippen MR) is 141 cm³/mol. The summed E-state index contributed by atoms with van der Waals surface area (Å²) in [6, 6.07) is 16.1. The highest BCUT2D eigenvalue weighted by Crippen LogP contribution is 2.36. The number of anilines is 1. The van der Waals surface area contributed by atoms with Crippen molar-refractivity contribution < 1.29 is 9.53 Å². The van der Waals surface area contributed by atoms with Gasteiger partial charge in [0.15, 0.2) is 16.7 Å². The van der Waals surface area contributed by atoms with E-state index in [0.29, 0.717) is 47.9 Å². The number of thioether (sulfide) groups is 1. The topological polar surface area (TPSA) is 63.0 Å². The molecule has 0 radical (unpaired) electrons. The summed E-state index contributed by atoms with van der Waals surface area (Å²) in [5.41, 5.74) is 2.82. The zero-order chi connectivity index (χ0) is 24.5. The number of methoxy groups -OCH3 is 1. The monoisotopic (exact) mass is 509 g/mol. The van der Waals surface area contributed by atoms with Crippen LogP contribution in [0.2, 0.25) is 5.02 Å². The fourth-order valence-electron chi connectivity index (χ4n) is 4.66. The summed E-state index contributed by atoms with van der Waals surface area (Å²) >= 11 is 8.02. The first kappa shape index (κ1) is 23.8. The van der Waals surface area contributed by atoms with Crippen LogP contribution in [-0.2, 0) is 13.0 Å². The smallest absolute Gasteiger partial charge is 0.281 e. The number of amides is 1. The molecule has 0 unspecified atom stereocenters. The predicted octanol–water partition coefficient (Wildman–Crippen LogP) is 4.97. The Labute approximate surface area is 214 Å². The molecular formula is C26H28ClN5O2S. The van der Waals surface area contributed by atoms with Gasteiger partial charge in [-0.1, -0.05) is 66.7 Å². The first-order valence-corrected chi connectivity index (χ1v) is 13.2. The number of hydrogen-bond donors (Lipinski definition) is 0. The van der Waals surface area contributed by atoms with E-state index in [-0.39, 0.29) is 11.9 Å². The highest BCUT2D eigenvalue weighted by atomic mass is 35.5. The number of carbonyl (C=O) groups excluding carboxylic acids is 1. The van der Waals surface area contributed by atoms with Crippen molar-refractivity contribution in [3.63, 3.8) is 0 Å². The molecule has 9 heteroatoms. The summed E-state index contributed by atoms with van der Waals surface area (Å²) in [6.45, 7) is 5.81. The molecule has 0 spiro atoms. The lowest BCUT2D eigenvalue weighted by Gasteiger charge is -2.33. The molecule has 7 nitrogen and oxygen atoms in total. The van der Waals surface area contributed by atoms with Gasteiger partial charge in [0.25, 0.3) is 5.91 Å². The Bertz CT molecular complexity index is 1280. The molecule has 0 fully saturated rings. The van der Waals surface area contributed by atoms with Crippen molar-refractivity contribution in [1.82, 2.24) is 14.5 Å². The van der Waals surface area contributed by atoms with Gasteiger partial charge in [-0.3, -0.25) is 14.6 Å². The minimum absolute atomic E-state index is 0.0621. The van der Waals surface area contributed by atoms with E-state index in [0.717, 1.165) is 22.9 Å². The molecule has 3 heterocycles. The Kier molecular flexibility index (Phi) is 6.75. The van der Waals surface area contributed by atoms with Crippen molar-refractivity contribution in [3.8, 4) is 5.75 Å². The number of halogens is 1. The third kappa shape index (κ3) is 4.41. The molecule has 182 valence electrons. The second kappa shape index (κ2) is 9.95. The Morgan fingerprint density at radius 1 is 1.14 bits per heavy atom. The van der Waals surface area contributed by atoms with Crippen molar-refractivity contribution in [3.05, 3.63) is 70.4 Å². The number of aromatic nitrogens is 2. The summed E-state index contributed by atoms with van der Waals surface area (Å²) in [5.74, 6) is 2.82. The van der Waals surface area contributed by atoms with Crippen molar-refractivity contribution in [2.24, 2.45) is 4.99 Å². The molecule has 1 amide bonds. The fraction of sp³-hybridized carbons (Fsp3) is 0.346. The molecule has 35 heavy (non-hydrogen) atoms. The number of carbonyl (C=O) groups is 1. The molecule has 1 aromatic heterocycles. The first-order valence-electron chi connectivity index (χ1n) is 11.8. The summed E-state index contributed by atoms with van der Waals surface area (Å²) in [7, 11) is 1.60. The van der Waals surface area contributed by atoms with Gasteiger partial charge in [-0.15, -0.1) is 0 Å². The Morgan fingerprint density at radius 3 is 2.63 bits per heavy atom. The van der Waals surface area contributed by atoms with Crippen LogP contribution in [-0.4, -0.2) is 58.3 Å². The van der Waals surface area contributed by atoms with Gasteiger partial charge in [0.1, 0.15) is 5.75 Å². The quantitative estimate of drug-likeness (QED) is 0.401. The molecule has 1 atom stereocenters. The summed E-state index contributed by atoms with van der Waals surface area (Å²) in [5, 5.41) is 1.37. The van der Waals surface area contributed by atoms with Crippen LogP contribution in [0.3, 0.4) is 0 Å². The van der Waals surface area contributed by atoms with Crippen molar-refractivity contribution in [1.29, 1.82) is 0 Å². The molecule has 5 rings (SSSR count). The number of aliphatic imine (C=N–C) groups is 1. The number of fused-ring (bicyclic) bond motifs is 3. The van der Waals surface area contributed by atoms with Crippen LogP contribution in [0.15, 0.2) is 58.7 Å². The molecule has 0 saturated heterocycles. The average molecular weight is 510 g/mol. The highest BCUT2D eigenvalue weighted by molar-refractivity contribution is 7.99. The van der Waals surface area contributed by atoms with Crippen LogP contribution >= 0.6 is 23.4 Å². The molecule has 0 N–H and O–H groups in total. The number of imidazole rings is 1. The normalized spacial score (nSPS) is 16.9. The molecule has 0 bridgehead atoms. The third-order valence-corrected chi connectivity index (χ3v) is 7.41. The van der Waals surface area contributed by atoms with Crippen LogP contribution in [0.25, 0.3) is 0 Å². The maximum absolute atomic E-state index is 13.8. The SMILES string of the molecule is CCSc1nc2c(n1Cc1ccc(OC)c(Cl)c1)C(=O)N(CC)C1=N[C@H](Cc3ccccc3)CN12. The van der Waals surface area contributed by atoms with Gasteiger partial charge in [-0.2, -0.15) is 0 Å². The van der Waals surface area contributed by atoms with Gasteiger partial charge in [-0.05, 0) is 42.4 Å². The third-order valence-electron chi connectivity index (χ3n) is 6.25. The van der Waals surface area contributed by atoms with E-state index in [1.165, 1.54) is 5.56 Å². The van der Waals surface area contributed by atoms with Gasteiger partial charge in [-0.25, -0.2) is 9.98 Å². The van der Waals surface area contributed by atoms with Gasteiger partial charge < -0.3 is 9.30 Å². The summed E-state index contributed by atoms with van der Waals surface area (Å²) in [6.07, 6.45) is 0.823. The number of benzene rings is 2.